The van der Waals surface area contributed by atoms with Crippen molar-refractivity contribution in [3.63, 3.8) is 0 Å². The smallest absolute Gasteiger partial charge is 0.253 e. The first kappa shape index (κ1) is 5.50. The number of nitrogens with one attached hydrogen (secondary N) is 1. The molecular weight excluding hydrogens is 122 g/mol. The van der Waals surface area contributed by atoms with Crippen molar-refractivity contribution in [2.45, 2.75) is 5.75 Å². The summed E-state index contributed by atoms with van der Waals surface area (Å²) in [6.45, 7) is 0. The van der Waals surface area contributed by atoms with E-state index in [1.54, 1.807) is 12.7 Å². The van der Waals surface area contributed by atoms with E-state index in [-0.39, 0.29) is 0 Å². The predicted molar refractivity (Wildman–Crippen MR) is 31.3 cm³/mol. The molecule has 1 N–H and O–H groups in total. The average molecular weight is 128 g/mol. The number of hydrogen-bond donors (Lipinski definition) is 1. The van der Waals surface area contributed by atoms with Crippen molar-refractivity contribution in [1.29, 1.82) is 0 Å². The van der Waals surface area contributed by atoms with E-state index in [1.165, 1.54) is 0 Å². The van der Waals surface area contributed by atoms with Crippen molar-refractivity contribution in [3.8, 4) is 0 Å². The topological polar surface area (TPSA) is 39.9 Å². The van der Waals surface area contributed by atoms with Gasteiger partial charge in [-0.05, 0) is 0 Å². The highest BCUT2D eigenvalue weighted by atomic mass is 32.1. The Balaban J connectivity index is 2.83. The van der Waals surface area contributed by atoms with E-state index in [2.05, 4.69) is 27.6 Å². The van der Waals surface area contributed by atoms with Gasteiger partial charge >= 0.3 is 0 Å². The molecule has 0 aliphatic rings. The van der Waals surface area contributed by atoms with Gasteiger partial charge in [-0.2, -0.15) is 12.6 Å². The van der Waals surface area contributed by atoms with Crippen LogP contribution in [-0.4, -0.2) is 9.97 Å². The van der Waals surface area contributed by atoms with Crippen LogP contribution >= 0.6 is 12.6 Å². The Labute approximate surface area is 52.6 Å². The third-order valence-corrected chi connectivity index (χ3v) is 1.00. The lowest BCUT2D eigenvalue weighted by Gasteiger charge is -1.76. The first-order chi connectivity index (χ1) is 3.93. The maximum absolute atomic E-state index is 3.97. The van der Waals surface area contributed by atoms with Crippen LogP contribution < -0.4 is 4.98 Å². The summed E-state index contributed by atoms with van der Waals surface area (Å²) in [5, 5.41) is 0. The minimum absolute atomic E-state index is 0.592. The molecule has 0 spiro atoms. The molecule has 4 heteroatoms. The van der Waals surface area contributed by atoms with Gasteiger partial charge in [0, 0.05) is 0 Å². The van der Waals surface area contributed by atoms with Gasteiger partial charge in [0.05, 0.1) is 5.75 Å². The molecule has 1 rings (SSSR count). The number of nitrogens with zero attached hydrogens (tertiary/aromatic N) is 2. The summed E-state index contributed by atoms with van der Waals surface area (Å²) < 4.78 is 0. The molecule has 1 aromatic rings. The van der Waals surface area contributed by atoms with Gasteiger partial charge in [-0.3, -0.25) is 4.98 Å². The fourth-order valence-electron chi connectivity index (χ4n) is 0.372. The Hall–Kier alpha value is -0.640. The van der Waals surface area contributed by atoms with Gasteiger partial charge in [-0.15, -0.1) is 0 Å². The van der Waals surface area contributed by atoms with Gasteiger partial charge in [0.2, 0.25) is 12.7 Å². The van der Waals surface area contributed by atoms with Crippen LogP contribution in [0.5, 0.6) is 0 Å². The molecule has 0 fully saturated rings. The zero-order valence-corrected chi connectivity index (χ0v) is 5.10. The predicted octanol–water partition coefficient (Wildman–Crippen LogP) is -0.280. The normalized spacial score (nSPS) is 9.12. The zero-order chi connectivity index (χ0) is 5.82. The largest absolute Gasteiger partial charge is 0.285 e. The minimum atomic E-state index is 0.592. The Morgan fingerprint density at radius 2 is 2.12 bits per heavy atom. The summed E-state index contributed by atoms with van der Waals surface area (Å²) in [7, 11) is 0. The fourth-order valence-corrected chi connectivity index (χ4v) is 0.535. The number of aromatic nitrogens is 3. The monoisotopic (exact) mass is 128 g/mol. The van der Waals surface area contributed by atoms with Crippen LogP contribution in [0.3, 0.4) is 0 Å². The van der Waals surface area contributed by atoms with Crippen molar-refractivity contribution in [2.24, 2.45) is 0 Å². The number of rotatable bonds is 1. The quantitative estimate of drug-likeness (QED) is 0.528. The Kier molecular flexibility index (Phi) is 1.80. The van der Waals surface area contributed by atoms with Crippen molar-refractivity contribution >= 4 is 12.6 Å². The van der Waals surface area contributed by atoms with E-state index in [0.29, 0.717) is 5.75 Å². The molecule has 0 aliphatic heterocycles. The van der Waals surface area contributed by atoms with E-state index in [9.17, 15) is 0 Å². The number of thiol groups is 1. The van der Waals surface area contributed by atoms with Crippen LogP contribution in [0, 0.1) is 0 Å². The molecule has 0 aromatic carbocycles. The molecule has 0 aliphatic carbocycles. The van der Waals surface area contributed by atoms with Crippen molar-refractivity contribution in [3.05, 3.63) is 18.5 Å². The molecule has 42 valence electrons. The van der Waals surface area contributed by atoms with E-state index in [1.807, 2.05) is 0 Å². The Morgan fingerprint density at radius 1 is 1.50 bits per heavy atom. The summed E-state index contributed by atoms with van der Waals surface area (Å²) in [5.41, 5.74) is 0. The summed E-state index contributed by atoms with van der Waals surface area (Å²) in [6.07, 6.45) is 3.16. The lowest BCUT2D eigenvalue weighted by molar-refractivity contribution is -0.388. The van der Waals surface area contributed by atoms with Crippen molar-refractivity contribution in [2.75, 3.05) is 0 Å². The highest BCUT2D eigenvalue weighted by molar-refractivity contribution is 7.79. The van der Waals surface area contributed by atoms with E-state index < -0.39 is 0 Å². The SMILES string of the molecule is SCc1nc[nH+]cn1. The van der Waals surface area contributed by atoms with Gasteiger partial charge in [0.1, 0.15) is 0 Å². The van der Waals surface area contributed by atoms with Crippen molar-refractivity contribution in [1.82, 2.24) is 9.97 Å². The second-order valence-corrected chi connectivity index (χ2v) is 1.57. The highest BCUT2D eigenvalue weighted by Gasteiger charge is 1.95. The van der Waals surface area contributed by atoms with Crippen LogP contribution in [0.4, 0.5) is 0 Å². The average Bonchev–Trinajstić information content (AvgIpc) is 1.90. The molecule has 0 unspecified atom stereocenters. The maximum atomic E-state index is 3.97. The number of hydrogen-bond acceptors (Lipinski definition) is 3. The minimum Gasteiger partial charge on any atom is -0.253 e. The molecule has 1 heterocycles. The standard InChI is InChI=1S/C4H5N3S/c8-1-4-6-2-5-3-7-4/h2-3,8H,1H2/p+1. The van der Waals surface area contributed by atoms with Gasteiger partial charge in [-0.25, -0.2) is 0 Å². The second kappa shape index (κ2) is 2.61. The fraction of sp³-hybridized carbons (Fsp3) is 0.250. The van der Waals surface area contributed by atoms with Gasteiger partial charge in [-0.1, -0.05) is 9.97 Å². The summed E-state index contributed by atoms with van der Waals surface area (Å²) in [6, 6.07) is 0. The molecular formula is C4H6N3S+. The summed E-state index contributed by atoms with van der Waals surface area (Å²) >= 11 is 3.97. The molecule has 1 aromatic heterocycles. The van der Waals surface area contributed by atoms with E-state index in [4.69, 9.17) is 0 Å². The van der Waals surface area contributed by atoms with Crippen LogP contribution in [0.15, 0.2) is 12.7 Å². The molecule has 0 saturated heterocycles. The maximum Gasteiger partial charge on any atom is 0.285 e. The summed E-state index contributed by atoms with van der Waals surface area (Å²) in [5.74, 6) is 1.33. The van der Waals surface area contributed by atoms with Crippen molar-refractivity contribution < 1.29 is 4.98 Å². The third-order valence-electron chi connectivity index (χ3n) is 0.718. The molecule has 0 radical (unpaired) electrons. The zero-order valence-electron chi connectivity index (χ0n) is 4.20. The second-order valence-electron chi connectivity index (χ2n) is 1.26. The Morgan fingerprint density at radius 3 is 2.50 bits per heavy atom. The molecule has 0 saturated carbocycles. The molecule has 0 amide bonds. The van der Waals surface area contributed by atoms with Gasteiger partial charge in [0.15, 0.2) is 0 Å². The van der Waals surface area contributed by atoms with E-state index in [0.717, 1.165) is 5.82 Å². The van der Waals surface area contributed by atoms with Gasteiger partial charge < -0.3 is 0 Å². The number of aromatic amines is 1. The first-order valence-corrected chi connectivity index (χ1v) is 2.84. The van der Waals surface area contributed by atoms with Crippen LogP contribution in [0.1, 0.15) is 5.82 Å². The third kappa shape index (κ3) is 1.16. The molecule has 8 heavy (non-hydrogen) atoms. The first-order valence-electron chi connectivity index (χ1n) is 2.21. The molecule has 3 nitrogen and oxygen atoms in total. The lowest BCUT2D eigenvalue weighted by atomic mass is 10.7. The Bertz CT molecular complexity index is 153. The van der Waals surface area contributed by atoms with E-state index >= 15 is 0 Å². The lowest BCUT2D eigenvalue weighted by Crippen LogP contribution is -2.04. The number of H-pyrrole nitrogens is 1. The molecule has 0 atom stereocenters. The summed E-state index contributed by atoms with van der Waals surface area (Å²) in [4.78, 5) is 10.4. The van der Waals surface area contributed by atoms with Gasteiger partial charge in [0.25, 0.3) is 5.82 Å². The van der Waals surface area contributed by atoms with Crippen LogP contribution in [0.25, 0.3) is 0 Å². The highest BCUT2D eigenvalue weighted by Crippen LogP contribution is 1.86. The molecule has 0 bridgehead atoms. The van der Waals surface area contributed by atoms with Crippen LogP contribution in [-0.2, 0) is 5.75 Å². The van der Waals surface area contributed by atoms with Crippen LogP contribution in [0.2, 0.25) is 0 Å².